The molecule has 3 aromatic carbocycles. The number of ether oxygens (including phenoxy) is 2. The van der Waals surface area contributed by atoms with E-state index in [0.29, 0.717) is 22.4 Å². The van der Waals surface area contributed by atoms with Crippen LogP contribution in [0, 0.1) is 13.8 Å². The molecule has 0 aliphatic heterocycles. The maximum Gasteiger partial charge on any atom is 0.277 e. The lowest BCUT2D eigenvalue weighted by Crippen LogP contribution is -2.24. The van der Waals surface area contributed by atoms with Crippen LogP contribution in [0.1, 0.15) is 22.3 Å². The molecule has 32 heavy (non-hydrogen) atoms. The van der Waals surface area contributed by atoms with Crippen LogP contribution in [0.4, 0.5) is 0 Å². The normalized spacial score (nSPS) is 10.9. The number of rotatable bonds is 8. The molecule has 0 fully saturated rings. The molecule has 8 heteroatoms. The zero-order valence-electron chi connectivity index (χ0n) is 17.5. The number of amides is 1. The zero-order chi connectivity index (χ0) is 23.1. The summed E-state index contributed by atoms with van der Waals surface area (Å²) in [5, 5.41) is 5.16. The molecule has 1 amide bonds. The highest BCUT2D eigenvalue weighted by atomic mass is 79.9. The predicted molar refractivity (Wildman–Crippen MR) is 132 cm³/mol. The van der Waals surface area contributed by atoms with Crippen molar-refractivity contribution in [3.63, 3.8) is 0 Å². The predicted octanol–water partition coefficient (Wildman–Crippen LogP) is 6.48. The molecule has 0 saturated carbocycles. The standard InChI is InChI=1S/C24H21BrCl2N2O3/c1-15-9-17(12-28-29-23(30)14-31-21-7-4-19(25)5-8-21)10-16(2)24(15)32-13-18-3-6-20(26)11-22(18)27/h3-12H,13-14H2,1-2H3,(H,29,30)/b28-12-. The molecule has 0 unspecified atom stereocenters. The minimum absolute atomic E-state index is 0.128. The fourth-order valence-electron chi connectivity index (χ4n) is 2.97. The lowest BCUT2D eigenvalue weighted by Gasteiger charge is -2.14. The van der Waals surface area contributed by atoms with Crippen LogP contribution in [-0.4, -0.2) is 18.7 Å². The van der Waals surface area contributed by atoms with Crippen molar-refractivity contribution in [2.24, 2.45) is 5.10 Å². The lowest BCUT2D eigenvalue weighted by atomic mass is 10.1. The number of aryl methyl sites for hydroxylation is 2. The van der Waals surface area contributed by atoms with Gasteiger partial charge >= 0.3 is 0 Å². The highest BCUT2D eigenvalue weighted by Gasteiger charge is 2.09. The summed E-state index contributed by atoms with van der Waals surface area (Å²) >= 11 is 15.5. The van der Waals surface area contributed by atoms with Gasteiger partial charge in [0.05, 0.1) is 6.21 Å². The van der Waals surface area contributed by atoms with E-state index in [1.54, 1.807) is 30.5 Å². The number of halogens is 3. The molecule has 0 atom stereocenters. The average molecular weight is 536 g/mol. The number of carbonyl (C=O) groups is 1. The Morgan fingerprint density at radius 2 is 1.72 bits per heavy atom. The van der Waals surface area contributed by atoms with E-state index in [1.807, 2.05) is 44.2 Å². The molecule has 0 aliphatic carbocycles. The molecular weight excluding hydrogens is 515 g/mol. The monoisotopic (exact) mass is 534 g/mol. The van der Waals surface area contributed by atoms with Crippen LogP contribution >= 0.6 is 39.1 Å². The second kappa shape index (κ2) is 11.4. The quantitative estimate of drug-likeness (QED) is 0.265. The van der Waals surface area contributed by atoms with Gasteiger partial charge in [0.1, 0.15) is 18.1 Å². The van der Waals surface area contributed by atoms with Crippen LogP contribution in [0.3, 0.4) is 0 Å². The van der Waals surface area contributed by atoms with E-state index in [9.17, 15) is 4.79 Å². The van der Waals surface area contributed by atoms with Gasteiger partial charge in [-0.1, -0.05) is 45.2 Å². The first-order chi connectivity index (χ1) is 15.3. The van der Waals surface area contributed by atoms with Gasteiger partial charge in [0.15, 0.2) is 6.61 Å². The molecule has 0 radical (unpaired) electrons. The third-order valence-electron chi connectivity index (χ3n) is 4.46. The molecule has 0 heterocycles. The fourth-order valence-corrected chi connectivity index (χ4v) is 3.69. The van der Waals surface area contributed by atoms with Gasteiger partial charge in [-0.15, -0.1) is 0 Å². The molecule has 5 nitrogen and oxygen atoms in total. The second-order valence-electron chi connectivity index (χ2n) is 7.04. The van der Waals surface area contributed by atoms with E-state index < -0.39 is 0 Å². The SMILES string of the molecule is Cc1cc(/C=N\NC(=O)COc2ccc(Br)cc2)cc(C)c1OCc1ccc(Cl)cc1Cl. The lowest BCUT2D eigenvalue weighted by molar-refractivity contribution is -0.123. The van der Waals surface area contributed by atoms with Crippen molar-refractivity contribution in [2.75, 3.05) is 6.61 Å². The molecule has 0 saturated heterocycles. The number of hydrogen-bond acceptors (Lipinski definition) is 4. The van der Waals surface area contributed by atoms with Crippen LogP contribution in [0.15, 0.2) is 64.2 Å². The molecule has 0 spiro atoms. The maximum atomic E-state index is 11.9. The van der Waals surface area contributed by atoms with Crippen LogP contribution in [0.25, 0.3) is 0 Å². The highest BCUT2D eigenvalue weighted by Crippen LogP contribution is 2.27. The van der Waals surface area contributed by atoms with Gasteiger partial charge in [-0.2, -0.15) is 5.10 Å². The maximum absolute atomic E-state index is 11.9. The number of benzene rings is 3. The van der Waals surface area contributed by atoms with E-state index in [0.717, 1.165) is 32.5 Å². The van der Waals surface area contributed by atoms with E-state index in [4.69, 9.17) is 32.7 Å². The smallest absolute Gasteiger partial charge is 0.277 e. The van der Waals surface area contributed by atoms with Crippen LogP contribution < -0.4 is 14.9 Å². The Balaban J connectivity index is 1.55. The van der Waals surface area contributed by atoms with Crippen molar-refractivity contribution in [2.45, 2.75) is 20.5 Å². The summed E-state index contributed by atoms with van der Waals surface area (Å²) in [6, 6.07) is 16.4. The van der Waals surface area contributed by atoms with Gasteiger partial charge in [0, 0.05) is 20.1 Å². The Bertz CT molecular complexity index is 1110. The van der Waals surface area contributed by atoms with Gasteiger partial charge in [-0.3, -0.25) is 4.79 Å². The summed E-state index contributed by atoms with van der Waals surface area (Å²) in [6.45, 7) is 4.11. The summed E-state index contributed by atoms with van der Waals surface area (Å²) in [7, 11) is 0. The molecule has 1 N–H and O–H groups in total. The molecule has 3 aromatic rings. The number of nitrogens with zero attached hydrogens (tertiary/aromatic N) is 1. The van der Waals surface area contributed by atoms with Gasteiger partial charge in [-0.05, 0) is 79.1 Å². The number of nitrogens with one attached hydrogen (secondary N) is 1. The average Bonchev–Trinajstić information content (AvgIpc) is 2.74. The van der Waals surface area contributed by atoms with Crippen LogP contribution in [-0.2, 0) is 11.4 Å². The number of hydrazone groups is 1. The first-order valence-corrected chi connectivity index (χ1v) is 11.2. The summed E-state index contributed by atoms with van der Waals surface area (Å²) in [4.78, 5) is 11.9. The minimum Gasteiger partial charge on any atom is -0.488 e. The van der Waals surface area contributed by atoms with Gasteiger partial charge in [0.2, 0.25) is 0 Å². The Kier molecular flexibility index (Phi) is 8.56. The van der Waals surface area contributed by atoms with Crippen molar-refractivity contribution in [1.82, 2.24) is 5.43 Å². The summed E-state index contributed by atoms with van der Waals surface area (Å²) in [5.41, 5.74) is 6.05. The first kappa shape index (κ1) is 24.1. The van der Waals surface area contributed by atoms with Gasteiger partial charge < -0.3 is 9.47 Å². The van der Waals surface area contributed by atoms with Crippen molar-refractivity contribution in [1.29, 1.82) is 0 Å². The summed E-state index contributed by atoms with van der Waals surface area (Å²) in [6.07, 6.45) is 1.58. The Labute approximate surface area is 205 Å². The molecule has 0 bridgehead atoms. The first-order valence-electron chi connectivity index (χ1n) is 9.70. The Morgan fingerprint density at radius 1 is 1.03 bits per heavy atom. The topological polar surface area (TPSA) is 59.9 Å². The molecule has 166 valence electrons. The zero-order valence-corrected chi connectivity index (χ0v) is 20.6. The van der Waals surface area contributed by atoms with Crippen molar-refractivity contribution >= 4 is 51.3 Å². The Hall–Kier alpha value is -2.54. The van der Waals surface area contributed by atoms with E-state index in [-0.39, 0.29) is 12.5 Å². The van der Waals surface area contributed by atoms with Crippen molar-refractivity contribution < 1.29 is 14.3 Å². The van der Waals surface area contributed by atoms with Gasteiger partial charge in [-0.25, -0.2) is 5.43 Å². The van der Waals surface area contributed by atoms with Crippen LogP contribution in [0.5, 0.6) is 11.5 Å². The Morgan fingerprint density at radius 3 is 2.38 bits per heavy atom. The minimum atomic E-state index is -0.350. The van der Waals surface area contributed by atoms with Crippen LogP contribution in [0.2, 0.25) is 10.0 Å². The van der Waals surface area contributed by atoms with E-state index in [2.05, 4.69) is 26.5 Å². The molecule has 3 rings (SSSR count). The van der Waals surface area contributed by atoms with E-state index in [1.165, 1.54) is 0 Å². The molecule has 0 aromatic heterocycles. The fraction of sp³-hybridized carbons (Fsp3) is 0.167. The second-order valence-corrected chi connectivity index (χ2v) is 8.80. The highest BCUT2D eigenvalue weighted by molar-refractivity contribution is 9.10. The summed E-state index contributed by atoms with van der Waals surface area (Å²) in [5.74, 6) is 1.03. The number of hydrogen-bond donors (Lipinski definition) is 1. The summed E-state index contributed by atoms with van der Waals surface area (Å²) < 4.78 is 12.3. The van der Waals surface area contributed by atoms with Gasteiger partial charge in [0.25, 0.3) is 5.91 Å². The molecular formula is C24H21BrCl2N2O3. The third-order valence-corrected chi connectivity index (χ3v) is 5.57. The third kappa shape index (κ3) is 6.99. The molecule has 0 aliphatic rings. The number of carbonyl (C=O) groups excluding carboxylic acids is 1. The van der Waals surface area contributed by atoms with Crippen molar-refractivity contribution in [3.8, 4) is 11.5 Å². The largest absolute Gasteiger partial charge is 0.488 e. The van der Waals surface area contributed by atoms with E-state index >= 15 is 0 Å². The van der Waals surface area contributed by atoms with Crippen molar-refractivity contribution in [3.05, 3.63) is 91.4 Å².